The highest BCUT2D eigenvalue weighted by Crippen LogP contribution is 2.34. The number of hydrogen-bond donors (Lipinski definition) is 5. The number of amides is 4. The molecule has 18 nitrogen and oxygen atoms in total. The summed E-state index contributed by atoms with van der Waals surface area (Å²) in [5.74, 6) is 2.26. The number of hydrogen-bond acceptors (Lipinski definition) is 16. The molecule has 20 heteroatoms. The van der Waals surface area contributed by atoms with E-state index in [4.69, 9.17) is 34.2 Å². The minimum Gasteiger partial charge on any atom is -0.379 e. The maximum absolute atomic E-state index is 13.4. The Morgan fingerprint density at radius 1 is 0.388 bits per heavy atom. The van der Waals surface area contributed by atoms with E-state index in [9.17, 15) is 33.6 Å². The summed E-state index contributed by atoms with van der Waals surface area (Å²) >= 11 is 3.82. The van der Waals surface area contributed by atoms with Gasteiger partial charge in [-0.1, -0.05) is 32.1 Å². The summed E-state index contributed by atoms with van der Waals surface area (Å²) in [6.07, 6.45) is 19.8. The molecule has 1 aromatic carbocycles. The molecule has 0 bridgehead atoms. The number of fused-ring (bicyclic) bond motifs is 2. The van der Waals surface area contributed by atoms with E-state index in [1.807, 2.05) is 23.5 Å². The van der Waals surface area contributed by atoms with Crippen LogP contribution in [0.3, 0.4) is 0 Å². The second kappa shape index (κ2) is 41.5. The summed E-state index contributed by atoms with van der Waals surface area (Å²) in [4.78, 5) is 88.0. The fourth-order valence-electron chi connectivity index (χ4n) is 10.5. The number of rotatable bonds is 52. The molecule has 0 aromatic heterocycles. The Bertz CT molecular complexity index is 1880. The lowest BCUT2D eigenvalue weighted by molar-refractivity contribution is -0.120. The van der Waals surface area contributed by atoms with E-state index in [1.165, 1.54) is 0 Å². The lowest BCUT2D eigenvalue weighted by atomic mass is 9.94. The highest BCUT2D eigenvalue weighted by atomic mass is 32.2. The first-order valence-corrected chi connectivity index (χ1v) is 32.5. The Morgan fingerprint density at radius 2 is 0.688 bits per heavy atom. The van der Waals surface area contributed by atoms with Gasteiger partial charge in [0.1, 0.15) is 11.6 Å². The van der Waals surface area contributed by atoms with E-state index < -0.39 is 0 Å². The van der Waals surface area contributed by atoms with Crippen molar-refractivity contribution in [2.24, 2.45) is 5.73 Å². The maximum atomic E-state index is 13.4. The molecule has 0 saturated carbocycles. The number of nitrogens with two attached hydrogens (primary N) is 1. The number of unbranched alkanes of at least 4 members (excludes halogenated alkanes) is 10. The van der Waals surface area contributed by atoms with E-state index >= 15 is 0 Å². The fourth-order valence-corrected chi connectivity index (χ4v) is 13.6. The zero-order chi connectivity index (χ0) is 56.8. The number of carbonyl (C=O) groups is 7. The van der Waals surface area contributed by atoms with Gasteiger partial charge in [0, 0.05) is 110 Å². The van der Waals surface area contributed by atoms with E-state index in [0.29, 0.717) is 182 Å². The fraction of sp³-hybridized carbons (Fsp3) is 0.783. The van der Waals surface area contributed by atoms with Crippen LogP contribution in [0.25, 0.3) is 0 Å². The van der Waals surface area contributed by atoms with Gasteiger partial charge in [-0.15, -0.1) is 0 Å². The average Bonchev–Trinajstić information content (AvgIpc) is 4.23. The van der Waals surface area contributed by atoms with Crippen LogP contribution in [0.5, 0.6) is 0 Å². The van der Waals surface area contributed by atoms with Crippen LogP contribution in [0.2, 0.25) is 0 Å². The lowest BCUT2D eigenvalue weighted by Crippen LogP contribution is -2.36. The number of carbonyl (C=O) groups excluding carboxylic acids is 7. The second-order valence-corrected chi connectivity index (χ2v) is 24.2. The van der Waals surface area contributed by atoms with Crippen molar-refractivity contribution in [2.45, 2.75) is 202 Å². The number of Topliss-reactive ketones (excluding diaryl/α,β-unsaturated/α-hetero) is 5. The predicted octanol–water partition coefficient (Wildman–Crippen LogP) is 8.90. The van der Waals surface area contributed by atoms with Crippen molar-refractivity contribution in [3.8, 4) is 0 Å². The van der Waals surface area contributed by atoms with Crippen LogP contribution in [-0.4, -0.2) is 173 Å². The van der Waals surface area contributed by atoms with Crippen molar-refractivity contribution < 1.29 is 62.0 Å². The third-order valence-corrected chi connectivity index (χ3v) is 18.2. The van der Waals surface area contributed by atoms with Gasteiger partial charge in [0.2, 0.25) is 0 Å². The molecule has 4 heterocycles. The molecule has 0 aliphatic carbocycles. The summed E-state index contributed by atoms with van der Waals surface area (Å²) in [7, 11) is 0. The molecule has 4 aliphatic heterocycles. The van der Waals surface area contributed by atoms with Crippen LogP contribution in [0.15, 0.2) is 18.2 Å². The Hall–Kier alpha value is -3.47. The standard InChI is InChI=1S/C60H97N5O13S2/c61-27-13-3-1-2-4-22-52(68)45-40-46(53(69)23-11-16-30-75-34-38-77-36-32-73-28-14-9-20-48(66)18-5-7-25-55-57-50(43-79-55)62-59(71)64-57)42-47(41-45)54(70)24-12-17-31-76-35-39-78-37-33-74-29-15-10-21-49(67)19-6-8-26-56-58-51(44-80-56)63-60(72)65-58/h40-42,50-51,55-58H,1-39,43-44,61H2,(H2,62,64,71)(H2,63,65,72). The van der Waals surface area contributed by atoms with Crippen LogP contribution in [0.4, 0.5) is 9.59 Å². The van der Waals surface area contributed by atoms with Crippen molar-refractivity contribution in [1.29, 1.82) is 0 Å². The Morgan fingerprint density at radius 3 is 1.05 bits per heavy atom. The van der Waals surface area contributed by atoms with E-state index in [1.54, 1.807) is 18.2 Å². The maximum Gasteiger partial charge on any atom is 0.315 e. The van der Waals surface area contributed by atoms with Gasteiger partial charge in [-0.2, -0.15) is 23.5 Å². The molecule has 4 aliphatic rings. The molecule has 4 fully saturated rings. The molecular formula is C60H97N5O13S2. The molecule has 6 atom stereocenters. The lowest BCUT2D eigenvalue weighted by Gasteiger charge is -2.16. The number of urea groups is 2. The molecule has 452 valence electrons. The summed E-state index contributed by atoms with van der Waals surface area (Å²) in [5.41, 5.74) is 6.82. The van der Waals surface area contributed by atoms with Gasteiger partial charge in [0.25, 0.3) is 0 Å². The Labute approximate surface area is 485 Å². The van der Waals surface area contributed by atoms with Gasteiger partial charge in [-0.05, 0) is 115 Å². The van der Waals surface area contributed by atoms with E-state index in [0.717, 1.165) is 108 Å². The van der Waals surface area contributed by atoms with Crippen LogP contribution >= 0.6 is 23.5 Å². The van der Waals surface area contributed by atoms with Crippen LogP contribution in [0.1, 0.15) is 198 Å². The number of thioether (sulfide) groups is 2. The summed E-state index contributed by atoms with van der Waals surface area (Å²) in [5, 5.41) is 12.9. The normalized spacial score (nSPS) is 20.1. The van der Waals surface area contributed by atoms with Crippen molar-refractivity contribution in [1.82, 2.24) is 21.3 Å². The van der Waals surface area contributed by atoms with Crippen molar-refractivity contribution in [2.75, 3.05) is 97.3 Å². The third-order valence-electron chi connectivity index (χ3n) is 15.1. The summed E-state index contributed by atoms with van der Waals surface area (Å²) in [6.45, 7) is 6.45. The molecule has 0 radical (unpaired) electrons. The van der Waals surface area contributed by atoms with Gasteiger partial charge >= 0.3 is 12.1 Å². The predicted molar refractivity (Wildman–Crippen MR) is 314 cm³/mol. The van der Waals surface area contributed by atoms with Crippen molar-refractivity contribution >= 4 is 64.5 Å². The third kappa shape index (κ3) is 27.7. The van der Waals surface area contributed by atoms with Crippen LogP contribution < -0.4 is 27.0 Å². The van der Waals surface area contributed by atoms with Crippen molar-refractivity contribution in [3.63, 3.8) is 0 Å². The summed E-state index contributed by atoms with van der Waals surface area (Å²) in [6, 6.07) is 5.75. The van der Waals surface area contributed by atoms with Gasteiger partial charge in [0.05, 0.1) is 77.0 Å². The van der Waals surface area contributed by atoms with Gasteiger partial charge in [0.15, 0.2) is 17.3 Å². The topological polar surface area (TPSA) is 249 Å². The highest BCUT2D eigenvalue weighted by Gasteiger charge is 2.43. The van der Waals surface area contributed by atoms with Crippen LogP contribution in [0, 0.1) is 0 Å². The molecular weight excluding hydrogens is 1060 g/mol. The molecule has 6 unspecified atom stereocenters. The second-order valence-electron chi connectivity index (χ2n) is 21.7. The average molecular weight is 1160 g/mol. The van der Waals surface area contributed by atoms with Gasteiger partial charge in [-0.25, -0.2) is 9.59 Å². The molecule has 6 N–H and O–H groups in total. The number of benzene rings is 1. The van der Waals surface area contributed by atoms with Crippen molar-refractivity contribution in [3.05, 3.63) is 34.9 Å². The Balaban J connectivity index is 0.825. The largest absolute Gasteiger partial charge is 0.379 e. The SMILES string of the molecule is NCCCCCCCC(=O)c1cc(C(=O)CCCCOCCOCCOCCCCC(=O)CCCCC2SCC3NC(=O)NC32)cc(C(=O)CCCCOCCOCCOCCCCC(=O)CCCCC2SCC3NC(=O)NC32)c1. The molecule has 0 spiro atoms. The van der Waals surface area contributed by atoms with Gasteiger partial charge < -0.3 is 55.4 Å². The monoisotopic (exact) mass is 1160 g/mol. The molecule has 80 heavy (non-hydrogen) atoms. The minimum atomic E-state index is -0.101. The first-order chi connectivity index (χ1) is 39.1. The van der Waals surface area contributed by atoms with Crippen LogP contribution in [-0.2, 0) is 38.0 Å². The smallest absolute Gasteiger partial charge is 0.315 e. The zero-order valence-corrected chi connectivity index (χ0v) is 49.5. The molecule has 4 amide bonds. The molecule has 1 aromatic rings. The van der Waals surface area contributed by atoms with Gasteiger partial charge in [-0.3, -0.25) is 24.0 Å². The first kappa shape index (κ1) is 67.3. The molecule has 5 rings (SSSR count). The highest BCUT2D eigenvalue weighted by molar-refractivity contribution is 8.00. The Kier molecular flexibility index (Phi) is 34.9. The quantitative estimate of drug-likeness (QED) is 0.0232. The minimum absolute atomic E-state index is 0.0592. The van der Waals surface area contributed by atoms with E-state index in [2.05, 4.69) is 21.3 Å². The summed E-state index contributed by atoms with van der Waals surface area (Å²) < 4.78 is 34.1. The molecule has 4 saturated heterocycles. The van der Waals surface area contributed by atoms with E-state index in [-0.39, 0.29) is 66.4 Å². The number of ketones is 5. The zero-order valence-electron chi connectivity index (χ0n) is 47.9. The first-order valence-electron chi connectivity index (χ1n) is 30.4. The number of ether oxygens (including phenoxy) is 6. The number of nitrogens with one attached hydrogen (secondary N) is 4.